The van der Waals surface area contributed by atoms with Crippen LogP contribution in [-0.4, -0.2) is 25.0 Å². The zero-order valence-electron chi connectivity index (χ0n) is 10.0. The molecule has 1 unspecified atom stereocenters. The first-order valence-corrected chi connectivity index (χ1v) is 5.83. The first kappa shape index (κ1) is 11.0. The number of nitrogens with zero attached hydrogens (tertiary/aromatic N) is 5. The Balaban J connectivity index is 2.45. The normalized spacial score (nSPS) is 13.2. The predicted molar refractivity (Wildman–Crippen MR) is 62.1 cm³/mol. The molecule has 2 aromatic heterocycles. The van der Waals surface area contributed by atoms with Crippen molar-refractivity contribution in [1.82, 2.24) is 25.0 Å². The molecule has 2 rings (SSSR count). The molecular formula is C11H17N5. The molecule has 1 atom stereocenters. The molecule has 0 fully saturated rings. The van der Waals surface area contributed by atoms with Crippen molar-refractivity contribution in [3.8, 4) is 0 Å². The highest BCUT2D eigenvalue weighted by molar-refractivity contribution is 5.64. The van der Waals surface area contributed by atoms with Gasteiger partial charge in [-0.25, -0.2) is 14.6 Å². The average molecular weight is 219 g/mol. The standard InChI is InChI=1S/C11H17N5/c1-4-6-8(3)16-11-10(14-15-16)12-7-9(5-2)13-11/h7-8H,4-6H2,1-3H3. The van der Waals surface area contributed by atoms with Gasteiger partial charge in [-0.15, -0.1) is 5.10 Å². The van der Waals surface area contributed by atoms with E-state index in [9.17, 15) is 0 Å². The lowest BCUT2D eigenvalue weighted by Gasteiger charge is -2.09. The molecule has 0 saturated heterocycles. The van der Waals surface area contributed by atoms with Gasteiger partial charge in [-0.05, 0) is 19.8 Å². The van der Waals surface area contributed by atoms with Crippen LogP contribution in [0.1, 0.15) is 45.3 Å². The van der Waals surface area contributed by atoms with E-state index in [4.69, 9.17) is 0 Å². The number of aromatic nitrogens is 5. The van der Waals surface area contributed by atoms with E-state index in [0.717, 1.165) is 30.6 Å². The van der Waals surface area contributed by atoms with Crippen molar-refractivity contribution < 1.29 is 0 Å². The van der Waals surface area contributed by atoms with E-state index in [2.05, 4.69) is 41.1 Å². The Morgan fingerprint density at radius 2 is 2.19 bits per heavy atom. The lowest BCUT2D eigenvalue weighted by Crippen LogP contribution is -2.08. The lowest BCUT2D eigenvalue weighted by atomic mass is 10.2. The van der Waals surface area contributed by atoms with Crippen LogP contribution in [0.25, 0.3) is 11.3 Å². The third-order valence-electron chi connectivity index (χ3n) is 2.72. The molecule has 86 valence electrons. The van der Waals surface area contributed by atoms with Crippen molar-refractivity contribution in [2.24, 2.45) is 0 Å². The summed E-state index contributed by atoms with van der Waals surface area (Å²) in [6, 6.07) is 0.330. The summed E-state index contributed by atoms with van der Waals surface area (Å²) in [6.07, 6.45) is 4.86. The monoisotopic (exact) mass is 219 g/mol. The number of fused-ring (bicyclic) bond motifs is 1. The highest BCUT2D eigenvalue weighted by Gasteiger charge is 2.12. The van der Waals surface area contributed by atoms with Crippen LogP contribution in [0.4, 0.5) is 0 Å². The summed E-state index contributed by atoms with van der Waals surface area (Å²) in [6.45, 7) is 6.37. The van der Waals surface area contributed by atoms with Gasteiger partial charge in [0.1, 0.15) is 0 Å². The van der Waals surface area contributed by atoms with Crippen molar-refractivity contribution in [2.45, 2.75) is 46.1 Å². The maximum atomic E-state index is 4.53. The molecule has 0 radical (unpaired) electrons. The molecule has 0 N–H and O–H groups in total. The molecule has 0 aliphatic rings. The van der Waals surface area contributed by atoms with Crippen molar-refractivity contribution in [2.75, 3.05) is 0 Å². The summed E-state index contributed by atoms with van der Waals surface area (Å²) < 4.78 is 1.88. The van der Waals surface area contributed by atoms with Gasteiger partial charge in [-0.3, -0.25) is 0 Å². The highest BCUT2D eigenvalue weighted by Crippen LogP contribution is 2.16. The third-order valence-corrected chi connectivity index (χ3v) is 2.72. The third kappa shape index (κ3) is 1.89. The molecule has 5 nitrogen and oxygen atoms in total. The molecule has 0 spiro atoms. The quantitative estimate of drug-likeness (QED) is 0.790. The molecular weight excluding hydrogens is 202 g/mol. The van der Waals surface area contributed by atoms with Crippen molar-refractivity contribution >= 4 is 11.3 Å². The number of hydrogen-bond acceptors (Lipinski definition) is 4. The minimum atomic E-state index is 0.330. The summed E-state index contributed by atoms with van der Waals surface area (Å²) in [5.41, 5.74) is 2.43. The van der Waals surface area contributed by atoms with Gasteiger partial charge in [-0.2, -0.15) is 0 Å². The summed E-state index contributed by atoms with van der Waals surface area (Å²) in [7, 11) is 0. The lowest BCUT2D eigenvalue weighted by molar-refractivity contribution is 0.453. The van der Waals surface area contributed by atoms with E-state index in [0.29, 0.717) is 11.7 Å². The molecule has 0 bridgehead atoms. The second-order valence-corrected chi connectivity index (χ2v) is 4.03. The summed E-state index contributed by atoms with van der Waals surface area (Å²) in [5.74, 6) is 0. The van der Waals surface area contributed by atoms with Crippen LogP contribution in [-0.2, 0) is 6.42 Å². The largest absolute Gasteiger partial charge is 0.230 e. The van der Waals surface area contributed by atoms with Gasteiger partial charge in [0.15, 0.2) is 5.65 Å². The van der Waals surface area contributed by atoms with E-state index in [-0.39, 0.29) is 0 Å². The highest BCUT2D eigenvalue weighted by atomic mass is 15.5. The van der Waals surface area contributed by atoms with Crippen molar-refractivity contribution in [3.63, 3.8) is 0 Å². The zero-order valence-corrected chi connectivity index (χ0v) is 10.0. The Labute approximate surface area is 94.9 Å². The second-order valence-electron chi connectivity index (χ2n) is 4.03. The fraction of sp³-hybridized carbons (Fsp3) is 0.636. The first-order chi connectivity index (χ1) is 7.76. The Morgan fingerprint density at radius 1 is 1.38 bits per heavy atom. The second kappa shape index (κ2) is 4.55. The van der Waals surface area contributed by atoms with Crippen molar-refractivity contribution in [1.29, 1.82) is 0 Å². The predicted octanol–water partition coefficient (Wildman–Crippen LogP) is 2.14. The van der Waals surface area contributed by atoms with Gasteiger partial charge in [0, 0.05) is 0 Å². The topological polar surface area (TPSA) is 56.5 Å². The van der Waals surface area contributed by atoms with Crippen LogP contribution < -0.4 is 0 Å². The van der Waals surface area contributed by atoms with Gasteiger partial charge in [-0.1, -0.05) is 25.5 Å². The van der Waals surface area contributed by atoms with Gasteiger partial charge < -0.3 is 0 Å². The van der Waals surface area contributed by atoms with Crippen LogP contribution in [0.15, 0.2) is 6.20 Å². The average Bonchev–Trinajstić information content (AvgIpc) is 2.71. The molecule has 0 saturated carbocycles. The van der Waals surface area contributed by atoms with Gasteiger partial charge in [0.05, 0.1) is 17.9 Å². The molecule has 0 aromatic carbocycles. The fourth-order valence-corrected chi connectivity index (χ4v) is 1.77. The molecule has 0 aliphatic carbocycles. The van der Waals surface area contributed by atoms with Crippen LogP contribution in [0.3, 0.4) is 0 Å². The van der Waals surface area contributed by atoms with E-state index in [1.54, 1.807) is 6.20 Å². The zero-order chi connectivity index (χ0) is 11.5. The van der Waals surface area contributed by atoms with Gasteiger partial charge in [0.25, 0.3) is 0 Å². The molecule has 5 heteroatoms. The number of hydrogen-bond donors (Lipinski definition) is 0. The Bertz CT molecular complexity index is 476. The summed E-state index contributed by atoms with van der Waals surface area (Å²) in [5, 5.41) is 8.17. The Morgan fingerprint density at radius 3 is 2.88 bits per heavy atom. The summed E-state index contributed by atoms with van der Waals surface area (Å²) in [4.78, 5) is 8.79. The Kier molecular flexibility index (Phi) is 3.12. The fourth-order valence-electron chi connectivity index (χ4n) is 1.77. The molecule has 2 aromatic rings. The Hall–Kier alpha value is -1.52. The molecule has 16 heavy (non-hydrogen) atoms. The maximum Gasteiger partial charge on any atom is 0.221 e. The van der Waals surface area contributed by atoms with E-state index < -0.39 is 0 Å². The molecule has 0 amide bonds. The number of aryl methyl sites for hydroxylation is 1. The minimum Gasteiger partial charge on any atom is -0.230 e. The minimum absolute atomic E-state index is 0.330. The van der Waals surface area contributed by atoms with E-state index in [1.165, 1.54) is 0 Å². The number of rotatable bonds is 4. The summed E-state index contributed by atoms with van der Waals surface area (Å²) >= 11 is 0. The van der Waals surface area contributed by atoms with Crippen LogP contribution in [0.5, 0.6) is 0 Å². The van der Waals surface area contributed by atoms with Crippen molar-refractivity contribution in [3.05, 3.63) is 11.9 Å². The smallest absolute Gasteiger partial charge is 0.221 e. The molecule has 2 heterocycles. The van der Waals surface area contributed by atoms with Crippen LogP contribution in [0, 0.1) is 0 Å². The van der Waals surface area contributed by atoms with Gasteiger partial charge >= 0.3 is 0 Å². The SMILES string of the molecule is CCCC(C)n1nnc2ncc(CC)nc21. The van der Waals surface area contributed by atoms with Gasteiger partial charge in [0.2, 0.25) is 5.65 Å². The van der Waals surface area contributed by atoms with E-state index in [1.807, 2.05) is 4.68 Å². The van der Waals surface area contributed by atoms with Crippen LogP contribution >= 0.6 is 0 Å². The first-order valence-electron chi connectivity index (χ1n) is 5.83. The van der Waals surface area contributed by atoms with E-state index >= 15 is 0 Å². The molecule has 0 aliphatic heterocycles. The van der Waals surface area contributed by atoms with Crippen LogP contribution in [0.2, 0.25) is 0 Å². The maximum absolute atomic E-state index is 4.53.